The van der Waals surface area contributed by atoms with Crippen molar-refractivity contribution >= 4 is 8.07 Å². The van der Waals surface area contributed by atoms with Crippen LogP contribution in [-0.4, -0.2) is 19.8 Å². The van der Waals surface area contributed by atoms with Crippen molar-refractivity contribution < 1.29 is 5.11 Å². The summed E-state index contributed by atoms with van der Waals surface area (Å²) in [5.74, 6) is 5.24. The van der Waals surface area contributed by atoms with E-state index in [0.717, 1.165) is 0 Å². The van der Waals surface area contributed by atoms with E-state index in [-0.39, 0.29) is 6.61 Å². The Bertz CT molecular complexity index is 265. The van der Waals surface area contributed by atoms with Gasteiger partial charge in [-0.25, -0.2) is 0 Å². The van der Waals surface area contributed by atoms with E-state index in [1.165, 1.54) is 0 Å². The number of terminal acetylenes is 1. The van der Waals surface area contributed by atoms with Gasteiger partial charge in [0, 0.05) is 11.6 Å². The topological polar surface area (TPSA) is 20.2 Å². The third-order valence-corrected chi connectivity index (χ3v) is 1.94. The van der Waals surface area contributed by atoms with Crippen LogP contribution in [0.2, 0.25) is 19.6 Å². The van der Waals surface area contributed by atoms with Gasteiger partial charge in [0.15, 0.2) is 0 Å². The predicted octanol–water partition coefficient (Wildman–Crippen LogP) is 1.42. The van der Waals surface area contributed by atoms with E-state index in [4.69, 9.17) is 11.5 Å². The van der Waals surface area contributed by atoms with E-state index in [9.17, 15) is 0 Å². The zero-order chi connectivity index (χ0) is 9.61. The fourth-order valence-corrected chi connectivity index (χ4v) is 0.978. The first-order chi connectivity index (χ1) is 5.49. The van der Waals surface area contributed by atoms with E-state index in [2.05, 4.69) is 37.0 Å². The van der Waals surface area contributed by atoms with Gasteiger partial charge >= 0.3 is 0 Å². The molecule has 0 amide bonds. The highest BCUT2D eigenvalue weighted by atomic mass is 28.3. The zero-order valence-corrected chi connectivity index (χ0v) is 8.81. The standard InChI is InChI=1S/C10H14OSi/c1-5-10(9-11)7-6-8-12(2,3)4/h1,7,11H,9H2,2-4H3/b10-7+. The molecular formula is C10H14OSi. The number of rotatable bonds is 1. The van der Waals surface area contributed by atoms with Crippen LogP contribution in [-0.2, 0) is 0 Å². The van der Waals surface area contributed by atoms with Gasteiger partial charge in [0.25, 0.3) is 0 Å². The molecule has 0 heterocycles. The summed E-state index contributed by atoms with van der Waals surface area (Å²) in [6, 6.07) is 0. The van der Waals surface area contributed by atoms with Crippen LogP contribution in [0, 0.1) is 23.8 Å². The fraction of sp³-hybridized carbons (Fsp3) is 0.400. The van der Waals surface area contributed by atoms with Gasteiger partial charge < -0.3 is 5.11 Å². The number of hydrogen-bond donors (Lipinski definition) is 1. The molecule has 1 N–H and O–H groups in total. The van der Waals surface area contributed by atoms with Gasteiger partial charge in [-0.05, 0) is 0 Å². The molecule has 0 aromatic carbocycles. The maximum absolute atomic E-state index is 8.69. The summed E-state index contributed by atoms with van der Waals surface area (Å²) in [7, 11) is -1.31. The maximum Gasteiger partial charge on any atom is 0.129 e. The first-order valence-electron chi connectivity index (χ1n) is 3.79. The van der Waals surface area contributed by atoms with Crippen LogP contribution in [0.15, 0.2) is 11.6 Å². The van der Waals surface area contributed by atoms with E-state index >= 15 is 0 Å². The van der Waals surface area contributed by atoms with Crippen LogP contribution in [0.25, 0.3) is 0 Å². The molecule has 64 valence electrons. The molecule has 0 rings (SSSR count). The zero-order valence-electron chi connectivity index (χ0n) is 7.81. The smallest absolute Gasteiger partial charge is 0.129 e. The Kier molecular flexibility index (Phi) is 4.44. The third kappa shape index (κ3) is 5.79. The number of allylic oxidation sites excluding steroid dienone is 1. The van der Waals surface area contributed by atoms with Crippen LogP contribution in [0.4, 0.5) is 0 Å². The molecule has 0 aromatic rings. The predicted molar refractivity (Wildman–Crippen MR) is 55.1 cm³/mol. The molecule has 0 fully saturated rings. The molecule has 0 bridgehead atoms. The summed E-state index contributed by atoms with van der Waals surface area (Å²) in [5.41, 5.74) is 3.67. The summed E-state index contributed by atoms with van der Waals surface area (Å²) in [6.45, 7) is 6.36. The van der Waals surface area contributed by atoms with Crippen molar-refractivity contribution in [3.63, 3.8) is 0 Å². The van der Waals surface area contributed by atoms with Gasteiger partial charge in [0.1, 0.15) is 8.07 Å². The minimum atomic E-state index is -1.31. The molecule has 0 unspecified atom stereocenters. The summed E-state index contributed by atoms with van der Waals surface area (Å²) in [4.78, 5) is 0. The van der Waals surface area contributed by atoms with Gasteiger partial charge in [0.05, 0.1) is 6.61 Å². The highest BCUT2D eigenvalue weighted by Gasteiger charge is 2.06. The van der Waals surface area contributed by atoms with Gasteiger partial charge in [-0.15, -0.1) is 12.0 Å². The first kappa shape index (κ1) is 11.0. The van der Waals surface area contributed by atoms with Gasteiger partial charge in [-0.3, -0.25) is 0 Å². The molecule has 0 radical (unpaired) electrons. The molecule has 12 heavy (non-hydrogen) atoms. The second-order valence-corrected chi connectivity index (χ2v) is 8.24. The van der Waals surface area contributed by atoms with E-state index in [1.807, 2.05) is 0 Å². The maximum atomic E-state index is 8.69. The highest BCUT2D eigenvalue weighted by molar-refractivity contribution is 6.83. The molecular weight excluding hydrogens is 164 g/mol. The molecule has 0 saturated carbocycles. The summed E-state index contributed by atoms with van der Waals surface area (Å²) in [6.07, 6.45) is 6.71. The Balaban J connectivity index is 4.37. The van der Waals surface area contributed by atoms with Crippen LogP contribution in [0.5, 0.6) is 0 Å². The summed E-state index contributed by atoms with van der Waals surface area (Å²) < 4.78 is 0. The van der Waals surface area contributed by atoms with Crippen molar-refractivity contribution in [1.82, 2.24) is 0 Å². The molecule has 0 saturated heterocycles. The summed E-state index contributed by atoms with van der Waals surface area (Å²) >= 11 is 0. The molecule has 0 aliphatic carbocycles. The Morgan fingerprint density at radius 3 is 2.42 bits per heavy atom. The number of aliphatic hydroxyl groups is 1. The monoisotopic (exact) mass is 178 g/mol. The van der Waals surface area contributed by atoms with Crippen LogP contribution >= 0.6 is 0 Å². The van der Waals surface area contributed by atoms with E-state index < -0.39 is 8.07 Å². The van der Waals surface area contributed by atoms with Crippen LogP contribution in [0.1, 0.15) is 0 Å². The van der Waals surface area contributed by atoms with Crippen molar-refractivity contribution in [3.05, 3.63) is 11.6 Å². The minimum absolute atomic E-state index is 0.100. The molecule has 0 spiro atoms. The second-order valence-electron chi connectivity index (χ2n) is 3.49. The molecule has 0 aliphatic rings. The lowest BCUT2D eigenvalue weighted by Crippen LogP contribution is -2.16. The first-order valence-corrected chi connectivity index (χ1v) is 7.29. The number of hydrogen-bond acceptors (Lipinski definition) is 1. The Morgan fingerprint density at radius 1 is 1.50 bits per heavy atom. The normalized spacial score (nSPS) is 11.4. The quantitative estimate of drug-likeness (QED) is 0.475. The SMILES string of the molecule is C#C/C(=C\C#C[Si](C)(C)C)CO. The lowest BCUT2D eigenvalue weighted by atomic mass is 10.3. The van der Waals surface area contributed by atoms with E-state index in [0.29, 0.717) is 5.57 Å². The molecule has 0 aromatic heterocycles. The molecule has 0 aliphatic heterocycles. The third-order valence-electron chi connectivity index (χ3n) is 1.05. The average Bonchev–Trinajstić information content (AvgIpc) is 1.96. The lowest BCUT2D eigenvalue weighted by Gasteiger charge is -2.02. The molecule has 1 nitrogen and oxygen atoms in total. The van der Waals surface area contributed by atoms with Gasteiger partial charge in [-0.1, -0.05) is 31.5 Å². The van der Waals surface area contributed by atoms with Crippen LogP contribution in [0.3, 0.4) is 0 Å². The van der Waals surface area contributed by atoms with Crippen molar-refractivity contribution in [1.29, 1.82) is 0 Å². The second kappa shape index (κ2) is 4.82. The van der Waals surface area contributed by atoms with Crippen molar-refractivity contribution in [2.75, 3.05) is 6.61 Å². The number of aliphatic hydroxyl groups excluding tert-OH is 1. The molecule has 0 atom stereocenters. The molecule has 2 heteroatoms. The largest absolute Gasteiger partial charge is 0.391 e. The Morgan fingerprint density at radius 2 is 2.08 bits per heavy atom. The highest BCUT2D eigenvalue weighted by Crippen LogP contribution is 1.96. The fourth-order valence-electron chi connectivity index (χ4n) is 0.473. The summed E-state index contributed by atoms with van der Waals surface area (Å²) in [5, 5.41) is 8.69. The lowest BCUT2D eigenvalue weighted by molar-refractivity contribution is 0.336. The van der Waals surface area contributed by atoms with Crippen LogP contribution < -0.4 is 0 Å². The Hall–Kier alpha value is -0.963. The van der Waals surface area contributed by atoms with Gasteiger partial charge in [-0.2, -0.15) is 0 Å². The van der Waals surface area contributed by atoms with Crippen molar-refractivity contribution in [2.24, 2.45) is 0 Å². The van der Waals surface area contributed by atoms with E-state index in [1.54, 1.807) is 6.08 Å². The average molecular weight is 178 g/mol. The van der Waals surface area contributed by atoms with Crippen molar-refractivity contribution in [3.8, 4) is 23.8 Å². The minimum Gasteiger partial charge on any atom is -0.391 e. The Labute approximate surface area is 75.5 Å². The van der Waals surface area contributed by atoms with Gasteiger partial charge in [0.2, 0.25) is 0 Å². The van der Waals surface area contributed by atoms with Crippen molar-refractivity contribution in [2.45, 2.75) is 19.6 Å².